The molecular weight excluding hydrogens is 316 g/mol. The van der Waals surface area contributed by atoms with Crippen LogP contribution in [0.2, 0.25) is 5.02 Å². The number of hydrogen-bond acceptors (Lipinski definition) is 4. The molecule has 6 heteroatoms. The third-order valence-electron chi connectivity index (χ3n) is 3.34. The van der Waals surface area contributed by atoms with E-state index in [9.17, 15) is 9.90 Å². The summed E-state index contributed by atoms with van der Waals surface area (Å²) in [5.74, 6) is -0.151. The van der Waals surface area contributed by atoms with E-state index < -0.39 is 5.97 Å². The van der Waals surface area contributed by atoms with Crippen molar-refractivity contribution in [1.82, 2.24) is 4.98 Å². The molecule has 0 aliphatic heterocycles. The first-order chi connectivity index (χ1) is 11.1. The molecule has 0 saturated carbocycles. The van der Waals surface area contributed by atoms with E-state index in [1.807, 2.05) is 0 Å². The second-order valence-electron chi connectivity index (χ2n) is 4.88. The first-order valence-corrected chi connectivity index (χ1v) is 7.19. The molecule has 0 spiro atoms. The quantitative estimate of drug-likeness (QED) is 0.745. The van der Waals surface area contributed by atoms with E-state index in [2.05, 4.69) is 10.3 Å². The minimum atomic E-state index is -1.06. The number of methoxy groups -OCH3 is 1. The first-order valence-electron chi connectivity index (χ1n) is 6.81. The van der Waals surface area contributed by atoms with E-state index in [1.165, 1.54) is 0 Å². The number of anilines is 2. The predicted octanol–water partition coefficient (Wildman–Crippen LogP) is 4.34. The standard InChI is InChI=1S/C17H13ClN2O3/c1-23-13-6-5-10-7-14(17(21)22)16(20-15(10)9-13)19-12-4-2-3-11(18)8-12/h2-9H,1H3,(H,19,20)(H,21,22). The normalized spacial score (nSPS) is 10.5. The molecule has 1 aromatic heterocycles. The van der Waals surface area contributed by atoms with Crippen molar-refractivity contribution in [3.05, 3.63) is 59.1 Å². The second-order valence-corrected chi connectivity index (χ2v) is 5.32. The van der Waals surface area contributed by atoms with Gasteiger partial charge in [0.15, 0.2) is 0 Å². The smallest absolute Gasteiger partial charge is 0.339 e. The molecule has 3 rings (SSSR count). The maximum Gasteiger partial charge on any atom is 0.339 e. The molecule has 1 heterocycles. The molecule has 5 nitrogen and oxygen atoms in total. The van der Waals surface area contributed by atoms with Gasteiger partial charge in [-0.3, -0.25) is 0 Å². The molecule has 0 unspecified atom stereocenters. The maximum absolute atomic E-state index is 11.5. The van der Waals surface area contributed by atoms with Gasteiger partial charge in [0.05, 0.1) is 12.6 Å². The van der Waals surface area contributed by atoms with E-state index in [1.54, 1.807) is 55.6 Å². The van der Waals surface area contributed by atoms with Crippen molar-refractivity contribution in [1.29, 1.82) is 0 Å². The van der Waals surface area contributed by atoms with Crippen LogP contribution in [-0.2, 0) is 0 Å². The minimum Gasteiger partial charge on any atom is -0.497 e. The fourth-order valence-corrected chi connectivity index (χ4v) is 2.43. The Kier molecular flexibility index (Phi) is 4.04. The van der Waals surface area contributed by atoms with Gasteiger partial charge in [-0.05, 0) is 36.4 Å². The molecular formula is C17H13ClN2O3. The lowest BCUT2D eigenvalue weighted by Crippen LogP contribution is -2.05. The van der Waals surface area contributed by atoms with Crippen LogP contribution in [0.1, 0.15) is 10.4 Å². The molecule has 2 N–H and O–H groups in total. The zero-order valence-electron chi connectivity index (χ0n) is 12.2. The Morgan fingerprint density at radius 2 is 2.04 bits per heavy atom. The molecule has 0 fully saturated rings. The number of benzene rings is 2. The Bertz CT molecular complexity index is 896. The Labute approximate surface area is 137 Å². The van der Waals surface area contributed by atoms with Gasteiger partial charge in [0.25, 0.3) is 0 Å². The molecule has 0 radical (unpaired) electrons. The van der Waals surface area contributed by atoms with Crippen LogP contribution in [0.15, 0.2) is 48.5 Å². The third kappa shape index (κ3) is 3.19. The van der Waals surface area contributed by atoms with Gasteiger partial charge in [-0.1, -0.05) is 17.7 Å². The maximum atomic E-state index is 11.5. The molecule has 0 amide bonds. The number of pyridine rings is 1. The van der Waals surface area contributed by atoms with E-state index >= 15 is 0 Å². The van der Waals surface area contributed by atoms with Gasteiger partial charge >= 0.3 is 5.97 Å². The number of aromatic nitrogens is 1. The number of ether oxygens (including phenoxy) is 1. The van der Waals surface area contributed by atoms with Gasteiger partial charge in [-0.15, -0.1) is 0 Å². The number of nitrogens with zero attached hydrogens (tertiary/aromatic N) is 1. The number of carbonyl (C=O) groups is 1. The predicted molar refractivity (Wildman–Crippen MR) is 90.0 cm³/mol. The Morgan fingerprint density at radius 1 is 1.22 bits per heavy atom. The van der Waals surface area contributed by atoms with Crippen LogP contribution in [0.5, 0.6) is 5.75 Å². The molecule has 0 aliphatic carbocycles. The highest BCUT2D eigenvalue weighted by Crippen LogP contribution is 2.27. The van der Waals surface area contributed by atoms with Crippen LogP contribution in [0.25, 0.3) is 10.9 Å². The van der Waals surface area contributed by atoms with E-state index in [0.29, 0.717) is 22.0 Å². The Balaban J connectivity index is 2.12. The fourth-order valence-electron chi connectivity index (χ4n) is 2.24. The van der Waals surface area contributed by atoms with Crippen LogP contribution in [-0.4, -0.2) is 23.2 Å². The molecule has 2 aromatic carbocycles. The first kappa shape index (κ1) is 15.1. The van der Waals surface area contributed by atoms with Gasteiger partial charge < -0.3 is 15.2 Å². The highest BCUT2D eigenvalue weighted by atomic mass is 35.5. The number of carboxylic acid groups (broad SMARTS) is 1. The molecule has 0 atom stereocenters. The summed E-state index contributed by atoms with van der Waals surface area (Å²) in [5, 5.41) is 13.7. The molecule has 3 aromatic rings. The van der Waals surface area contributed by atoms with Gasteiger partial charge in [-0.25, -0.2) is 9.78 Å². The summed E-state index contributed by atoms with van der Waals surface area (Å²) in [5.41, 5.74) is 1.39. The van der Waals surface area contributed by atoms with Crippen molar-refractivity contribution in [2.75, 3.05) is 12.4 Å². The molecule has 0 bridgehead atoms. The van der Waals surface area contributed by atoms with Crippen LogP contribution in [0.3, 0.4) is 0 Å². The van der Waals surface area contributed by atoms with E-state index in [0.717, 1.165) is 5.39 Å². The van der Waals surface area contributed by atoms with Gasteiger partial charge in [0.2, 0.25) is 0 Å². The summed E-state index contributed by atoms with van der Waals surface area (Å²) in [6.07, 6.45) is 0. The van der Waals surface area contributed by atoms with E-state index in [4.69, 9.17) is 16.3 Å². The molecule has 0 saturated heterocycles. The highest BCUT2D eigenvalue weighted by molar-refractivity contribution is 6.30. The summed E-state index contributed by atoms with van der Waals surface area (Å²) in [6.45, 7) is 0. The summed E-state index contributed by atoms with van der Waals surface area (Å²) in [7, 11) is 1.57. The molecule has 116 valence electrons. The van der Waals surface area contributed by atoms with E-state index in [-0.39, 0.29) is 11.4 Å². The second kappa shape index (κ2) is 6.14. The summed E-state index contributed by atoms with van der Waals surface area (Å²) >= 11 is 5.95. The van der Waals surface area contributed by atoms with Crippen molar-refractivity contribution < 1.29 is 14.6 Å². The molecule has 23 heavy (non-hydrogen) atoms. The summed E-state index contributed by atoms with van der Waals surface area (Å²) in [4.78, 5) is 15.9. The lowest BCUT2D eigenvalue weighted by molar-refractivity contribution is 0.0698. The lowest BCUT2D eigenvalue weighted by atomic mass is 10.1. The average molecular weight is 329 g/mol. The van der Waals surface area contributed by atoms with Crippen molar-refractivity contribution in [3.63, 3.8) is 0 Å². The zero-order valence-corrected chi connectivity index (χ0v) is 13.0. The van der Waals surface area contributed by atoms with Crippen molar-refractivity contribution in [3.8, 4) is 5.75 Å². The lowest BCUT2D eigenvalue weighted by Gasteiger charge is -2.11. The largest absolute Gasteiger partial charge is 0.497 e. The number of carboxylic acids is 1. The molecule has 0 aliphatic rings. The van der Waals surface area contributed by atoms with Crippen LogP contribution in [0.4, 0.5) is 11.5 Å². The van der Waals surface area contributed by atoms with Crippen molar-refractivity contribution in [2.24, 2.45) is 0 Å². The van der Waals surface area contributed by atoms with Crippen molar-refractivity contribution in [2.45, 2.75) is 0 Å². The van der Waals surface area contributed by atoms with Gasteiger partial charge in [-0.2, -0.15) is 0 Å². The number of halogens is 1. The summed E-state index contributed by atoms with van der Waals surface area (Å²) in [6, 6.07) is 13.9. The zero-order chi connectivity index (χ0) is 16.4. The monoisotopic (exact) mass is 328 g/mol. The number of rotatable bonds is 4. The fraction of sp³-hybridized carbons (Fsp3) is 0.0588. The number of aromatic carboxylic acids is 1. The van der Waals surface area contributed by atoms with Crippen LogP contribution >= 0.6 is 11.6 Å². The third-order valence-corrected chi connectivity index (χ3v) is 3.58. The topological polar surface area (TPSA) is 71.5 Å². The number of hydrogen-bond donors (Lipinski definition) is 2. The van der Waals surface area contributed by atoms with Gasteiger partial charge in [0, 0.05) is 22.2 Å². The van der Waals surface area contributed by atoms with Crippen LogP contribution < -0.4 is 10.1 Å². The highest BCUT2D eigenvalue weighted by Gasteiger charge is 2.14. The Morgan fingerprint density at radius 3 is 2.74 bits per heavy atom. The number of fused-ring (bicyclic) bond motifs is 1. The summed E-state index contributed by atoms with van der Waals surface area (Å²) < 4.78 is 5.18. The van der Waals surface area contributed by atoms with Crippen LogP contribution in [0, 0.1) is 0 Å². The minimum absolute atomic E-state index is 0.0858. The number of nitrogens with one attached hydrogen (secondary N) is 1. The average Bonchev–Trinajstić information content (AvgIpc) is 2.53. The van der Waals surface area contributed by atoms with Crippen molar-refractivity contribution >= 4 is 40.0 Å². The van der Waals surface area contributed by atoms with Gasteiger partial charge in [0.1, 0.15) is 17.1 Å². The Hall–Kier alpha value is -2.79. The SMILES string of the molecule is COc1ccc2cc(C(=O)O)c(Nc3cccc(Cl)c3)nc2c1.